The van der Waals surface area contributed by atoms with Crippen LogP contribution >= 0.6 is 0 Å². The van der Waals surface area contributed by atoms with Gasteiger partial charge in [0.05, 0.1) is 12.2 Å². The molecule has 0 saturated carbocycles. The number of carbonyl (C=O) groups is 1. The predicted octanol–water partition coefficient (Wildman–Crippen LogP) is 1.84. The van der Waals surface area contributed by atoms with Crippen molar-refractivity contribution in [1.29, 1.82) is 0 Å². The monoisotopic (exact) mass is 382 g/mol. The molecule has 1 amide bonds. The lowest BCUT2D eigenvalue weighted by Crippen LogP contribution is -2.40. The van der Waals surface area contributed by atoms with Crippen LogP contribution in [0.25, 0.3) is 11.6 Å². The van der Waals surface area contributed by atoms with Gasteiger partial charge in [0.1, 0.15) is 0 Å². The molecule has 1 saturated heterocycles. The first-order valence-corrected chi connectivity index (χ1v) is 9.09. The summed E-state index contributed by atoms with van der Waals surface area (Å²) in [6.07, 6.45) is 3.58. The molecule has 0 spiro atoms. The molecular formula is C18H18N6O4. The van der Waals surface area contributed by atoms with E-state index < -0.39 is 0 Å². The van der Waals surface area contributed by atoms with E-state index in [2.05, 4.69) is 20.5 Å². The molecule has 1 fully saturated rings. The number of amides is 1. The van der Waals surface area contributed by atoms with Gasteiger partial charge in [-0.3, -0.25) is 4.79 Å². The van der Waals surface area contributed by atoms with E-state index in [1.165, 1.54) is 0 Å². The Morgan fingerprint density at radius 3 is 3.00 bits per heavy atom. The first kappa shape index (κ1) is 16.7. The van der Waals surface area contributed by atoms with E-state index in [-0.39, 0.29) is 18.7 Å². The average Bonchev–Trinajstić information content (AvgIpc) is 3.47. The number of hydrogen-bond donors (Lipinski definition) is 0. The van der Waals surface area contributed by atoms with E-state index in [9.17, 15) is 4.79 Å². The predicted molar refractivity (Wildman–Crippen MR) is 94.8 cm³/mol. The van der Waals surface area contributed by atoms with Gasteiger partial charge in [-0.15, -0.1) is 5.10 Å². The van der Waals surface area contributed by atoms with Crippen molar-refractivity contribution >= 4 is 5.91 Å². The highest BCUT2D eigenvalue weighted by atomic mass is 16.7. The molecular weight excluding hydrogens is 364 g/mol. The van der Waals surface area contributed by atoms with Gasteiger partial charge in [-0.25, -0.2) is 4.68 Å². The number of fused-ring (bicyclic) bond motifs is 1. The highest BCUT2D eigenvalue weighted by Crippen LogP contribution is 2.33. The Hall–Kier alpha value is -3.43. The van der Waals surface area contributed by atoms with E-state index >= 15 is 0 Å². The maximum atomic E-state index is 13.0. The number of likely N-dealkylation sites (tertiary alicyclic amines) is 1. The fourth-order valence-corrected chi connectivity index (χ4v) is 3.52. The molecule has 1 aromatic carbocycles. The molecule has 3 aromatic rings. The Morgan fingerprint density at radius 1 is 1.25 bits per heavy atom. The second kappa shape index (κ2) is 6.63. The smallest absolute Gasteiger partial charge is 0.280 e. The summed E-state index contributed by atoms with van der Waals surface area (Å²) in [6, 6.07) is 5.31. The minimum Gasteiger partial charge on any atom is -0.454 e. The van der Waals surface area contributed by atoms with Crippen LogP contribution in [0.1, 0.15) is 35.1 Å². The lowest BCUT2D eigenvalue weighted by Gasteiger charge is -2.32. The maximum absolute atomic E-state index is 13.0. The number of aryl methyl sites for hydroxylation is 1. The molecule has 1 unspecified atom stereocenters. The number of piperidine rings is 1. The van der Waals surface area contributed by atoms with Crippen molar-refractivity contribution in [3.05, 3.63) is 35.8 Å². The third-order valence-corrected chi connectivity index (χ3v) is 4.93. The summed E-state index contributed by atoms with van der Waals surface area (Å²) in [5.41, 5.74) is 1.12. The van der Waals surface area contributed by atoms with Gasteiger partial charge in [0.15, 0.2) is 23.0 Å². The summed E-state index contributed by atoms with van der Waals surface area (Å²) in [7, 11) is 0. The van der Waals surface area contributed by atoms with Gasteiger partial charge in [-0.2, -0.15) is 4.98 Å². The van der Waals surface area contributed by atoms with Gasteiger partial charge < -0.3 is 18.9 Å². The molecule has 2 aliphatic heterocycles. The Labute approximate surface area is 160 Å². The normalized spacial score (nSPS) is 18.5. The van der Waals surface area contributed by atoms with Crippen LogP contribution in [0.5, 0.6) is 11.5 Å². The van der Waals surface area contributed by atoms with E-state index in [1.807, 2.05) is 4.90 Å². The SMILES string of the molecule is Cc1noc(-c2cn(C3CCCN(C(=O)c4ccc5c(c4)OCO5)C3)nn2)n1. The highest BCUT2D eigenvalue weighted by molar-refractivity contribution is 5.95. The third kappa shape index (κ3) is 2.96. The molecule has 0 N–H and O–H groups in total. The fraction of sp³-hybridized carbons (Fsp3) is 0.389. The van der Waals surface area contributed by atoms with Crippen LogP contribution in [-0.4, -0.2) is 55.8 Å². The average molecular weight is 382 g/mol. The van der Waals surface area contributed by atoms with Crippen LogP contribution < -0.4 is 9.47 Å². The summed E-state index contributed by atoms with van der Waals surface area (Å²) in [4.78, 5) is 19.0. The molecule has 0 aliphatic carbocycles. The van der Waals surface area contributed by atoms with Crippen molar-refractivity contribution in [2.75, 3.05) is 19.9 Å². The molecule has 0 bridgehead atoms. The summed E-state index contributed by atoms with van der Waals surface area (Å²) in [6.45, 7) is 3.19. The number of benzene rings is 1. The lowest BCUT2D eigenvalue weighted by molar-refractivity contribution is 0.0671. The first-order chi connectivity index (χ1) is 13.7. The molecule has 4 heterocycles. The number of hydrogen-bond acceptors (Lipinski definition) is 8. The number of aromatic nitrogens is 5. The summed E-state index contributed by atoms with van der Waals surface area (Å²) >= 11 is 0. The van der Waals surface area contributed by atoms with Gasteiger partial charge >= 0.3 is 0 Å². The largest absolute Gasteiger partial charge is 0.454 e. The second-order valence-electron chi connectivity index (χ2n) is 6.85. The second-order valence-corrected chi connectivity index (χ2v) is 6.85. The van der Waals surface area contributed by atoms with E-state index in [1.54, 1.807) is 36.0 Å². The third-order valence-electron chi connectivity index (χ3n) is 4.93. The fourth-order valence-electron chi connectivity index (χ4n) is 3.52. The van der Waals surface area contributed by atoms with Crippen molar-refractivity contribution in [2.24, 2.45) is 0 Å². The van der Waals surface area contributed by atoms with Crippen LogP contribution in [-0.2, 0) is 0 Å². The molecule has 28 heavy (non-hydrogen) atoms. The van der Waals surface area contributed by atoms with Crippen molar-refractivity contribution in [3.63, 3.8) is 0 Å². The van der Waals surface area contributed by atoms with Crippen molar-refractivity contribution in [2.45, 2.75) is 25.8 Å². The van der Waals surface area contributed by atoms with E-state index in [0.29, 0.717) is 47.6 Å². The first-order valence-electron chi connectivity index (χ1n) is 9.09. The molecule has 5 rings (SSSR count). The Bertz CT molecular complexity index is 1030. The van der Waals surface area contributed by atoms with Gasteiger partial charge in [0.25, 0.3) is 11.8 Å². The quantitative estimate of drug-likeness (QED) is 0.675. The van der Waals surface area contributed by atoms with Gasteiger partial charge in [0, 0.05) is 18.7 Å². The van der Waals surface area contributed by atoms with Crippen LogP contribution in [0.15, 0.2) is 28.9 Å². The van der Waals surface area contributed by atoms with Gasteiger partial charge in [-0.1, -0.05) is 10.4 Å². The molecule has 2 aromatic heterocycles. The van der Waals surface area contributed by atoms with E-state index in [4.69, 9.17) is 14.0 Å². The van der Waals surface area contributed by atoms with Crippen LogP contribution in [0.4, 0.5) is 0 Å². The molecule has 2 aliphatic rings. The maximum Gasteiger partial charge on any atom is 0.280 e. The minimum absolute atomic E-state index is 0.0316. The van der Waals surface area contributed by atoms with Crippen LogP contribution in [0, 0.1) is 6.92 Å². The zero-order valence-electron chi connectivity index (χ0n) is 15.2. The zero-order valence-corrected chi connectivity index (χ0v) is 15.2. The number of nitrogens with zero attached hydrogens (tertiary/aromatic N) is 6. The van der Waals surface area contributed by atoms with Crippen LogP contribution in [0.2, 0.25) is 0 Å². The van der Waals surface area contributed by atoms with Crippen molar-refractivity contribution < 1.29 is 18.8 Å². The molecule has 10 nitrogen and oxygen atoms in total. The topological polar surface area (TPSA) is 108 Å². The zero-order chi connectivity index (χ0) is 19.1. The highest BCUT2D eigenvalue weighted by Gasteiger charge is 2.28. The lowest BCUT2D eigenvalue weighted by atomic mass is 10.0. The summed E-state index contributed by atoms with van der Waals surface area (Å²) in [5, 5.41) is 12.1. The van der Waals surface area contributed by atoms with Gasteiger partial charge in [0.2, 0.25) is 6.79 Å². The molecule has 0 radical (unpaired) electrons. The minimum atomic E-state index is -0.0316. The molecule has 10 heteroatoms. The van der Waals surface area contributed by atoms with Crippen LogP contribution in [0.3, 0.4) is 0 Å². The van der Waals surface area contributed by atoms with Crippen molar-refractivity contribution in [1.82, 2.24) is 30.0 Å². The standard InChI is InChI=1S/C18H18N6O4/c1-11-19-17(28-21-11)14-9-24(22-20-14)13-3-2-6-23(8-13)18(25)12-4-5-15-16(7-12)27-10-26-15/h4-5,7,9,13H,2-3,6,8,10H2,1H3. The van der Waals surface area contributed by atoms with E-state index in [0.717, 1.165) is 12.8 Å². The summed E-state index contributed by atoms with van der Waals surface area (Å²) < 4.78 is 17.6. The van der Waals surface area contributed by atoms with Crippen molar-refractivity contribution in [3.8, 4) is 23.1 Å². The number of carbonyl (C=O) groups excluding carboxylic acids is 1. The summed E-state index contributed by atoms with van der Waals surface area (Å²) in [5.74, 6) is 2.13. The Balaban J connectivity index is 1.32. The Kier molecular flexibility index (Phi) is 3.96. The van der Waals surface area contributed by atoms with Gasteiger partial charge in [-0.05, 0) is 38.0 Å². The molecule has 144 valence electrons. The molecule has 1 atom stereocenters. The Morgan fingerprint density at radius 2 is 2.14 bits per heavy atom. The number of rotatable bonds is 3. The number of ether oxygens (including phenoxy) is 2.